The van der Waals surface area contributed by atoms with Crippen LogP contribution in [0.3, 0.4) is 0 Å². The molecule has 1 N–H and O–H groups in total. The number of rotatable bonds is 4. The van der Waals surface area contributed by atoms with Crippen molar-refractivity contribution >= 4 is 28.4 Å². The van der Waals surface area contributed by atoms with Crippen LogP contribution in [0.15, 0.2) is 59.0 Å². The van der Waals surface area contributed by atoms with Crippen molar-refractivity contribution < 1.29 is 14.1 Å². The van der Waals surface area contributed by atoms with Gasteiger partial charge in [-0.1, -0.05) is 18.2 Å². The van der Waals surface area contributed by atoms with Crippen molar-refractivity contribution in [2.45, 2.75) is 20.8 Å². The number of carbonyl (C=O) groups excluding carboxylic acids is 1. The molecule has 30 heavy (non-hydrogen) atoms. The molecule has 7 heteroatoms. The van der Waals surface area contributed by atoms with Crippen LogP contribution in [0.1, 0.15) is 27.0 Å². The summed E-state index contributed by atoms with van der Waals surface area (Å²) in [6.45, 7) is 5.42. The number of hydrogen-bond acceptors (Lipinski definition) is 5. The van der Waals surface area contributed by atoms with E-state index in [1.807, 2.05) is 44.2 Å². The molecule has 0 unspecified atom stereocenters. The van der Waals surface area contributed by atoms with Gasteiger partial charge in [-0.15, -0.1) is 0 Å². The Balaban J connectivity index is 1.68. The highest BCUT2D eigenvalue weighted by Gasteiger charge is 2.19. The van der Waals surface area contributed by atoms with E-state index in [-0.39, 0.29) is 11.3 Å². The molecule has 0 fully saturated rings. The number of nitrogens with zero attached hydrogens (tertiary/aromatic N) is 2. The Labute approximate surface area is 172 Å². The molecular formula is C23H19N3O4. The highest BCUT2D eigenvalue weighted by molar-refractivity contribution is 6.06. The second-order valence-corrected chi connectivity index (χ2v) is 7.18. The number of fused-ring (bicyclic) bond motifs is 1. The van der Waals surface area contributed by atoms with Crippen molar-refractivity contribution in [2.24, 2.45) is 0 Å². The lowest BCUT2D eigenvalue weighted by Crippen LogP contribution is -2.15. The molecular weight excluding hydrogens is 382 g/mol. The standard InChI is InChI=1S/C23H19N3O4/c1-13-7-10-18-21(11-13)30-23(25-18)16-9-8-14(2)19(12-16)24-22(27)17-5-4-6-20(15(17)3)26(28)29/h4-12H,1-3H3,(H,24,27). The largest absolute Gasteiger partial charge is 0.436 e. The number of aromatic nitrogens is 1. The van der Waals surface area contributed by atoms with Crippen LogP contribution in [0, 0.1) is 30.9 Å². The Bertz CT molecular complexity index is 1310. The predicted molar refractivity (Wildman–Crippen MR) is 115 cm³/mol. The molecule has 0 radical (unpaired) electrons. The van der Waals surface area contributed by atoms with Crippen LogP contribution < -0.4 is 5.32 Å². The summed E-state index contributed by atoms with van der Waals surface area (Å²) >= 11 is 0. The zero-order valence-electron chi connectivity index (χ0n) is 16.7. The first-order chi connectivity index (χ1) is 14.3. The number of anilines is 1. The predicted octanol–water partition coefficient (Wildman–Crippen LogP) is 5.58. The maximum atomic E-state index is 12.8. The molecule has 1 amide bonds. The number of aryl methyl sites for hydroxylation is 2. The monoisotopic (exact) mass is 401 g/mol. The summed E-state index contributed by atoms with van der Waals surface area (Å²) in [4.78, 5) is 28.0. The molecule has 4 rings (SSSR count). The number of carbonyl (C=O) groups is 1. The van der Waals surface area contributed by atoms with Crippen LogP contribution in [0.2, 0.25) is 0 Å². The third kappa shape index (κ3) is 3.53. The zero-order valence-corrected chi connectivity index (χ0v) is 16.7. The van der Waals surface area contributed by atoms with Gasteiger partial charge in [0.05, 0.1) is 4.92 Å². The fourth-order valence-electron chi connectivity index (χ4n) is 3.30. The van der Waals surface area contributed by atoms with Gasteiger partial charge in [-0.05, 0) is 62.2 Å². The smallest absolute Gasteiger partial charge is 0.273 e. The summed E-state index contributed by atoms with van der Waals surface area (Å²) in [6, 6.07) is 15.8. The number of nitrogens with one attached hydrogen (secondary N) is 1. The zero-order chi connectivity index (χ0) is 21.4. The number of amides is 1. The number of hydrogen-bond donors (Lipinski definition) is 1. The van der Waals surface area contributed by atoms with Crippen LogP contribution in [0.5, 0.6) is 0 Å². The van der Waals surface area contributed by atoms with Gasteiger partial charge < -0.3 is 9.73 Å². The maximum absolute atomic E-state index is 12.8. The highest BCUT2D eigenvalue weighted by atomic mass is 16.6. The van der Waals surface area contributed by atoms with Crippen LogP contribution in [-0.2, 0) is 0 Å². The molecule has 4 aromatic rings. The van der Waals surface area contributed by atoms with Gasteiger partial charge in [0.2, 0.25) is 5.89 Å². The van der Waals surface area contributed by atoms with E-state index in [2.05, 4.69) is 10.3 Å². The van der Waals surface area contributed by atoms with Crippen molar-refractivity contribution in [3.63, 3.8) is 0 Å². The Morgan fingerprint density at radius 3 is 2.63 bits per heavy atom. The maximum Gasteiger partial charge on any atom is 0.273 e. The van der Waals surface area contributed by atoms with E-state index in [4.69, 9.17) is 4.42 Å². The minimum Gasteiger partial charge on any atom is -0.436 e. The lowest BCUT2D eigenvalue weighted by Gasteiger charge is -2.11. The normalized spacial score (nSPS) is 10.9. The fourth-order valence-corrected chi connectivity index (χ4v) is 3.30. The van der Waals surface area contributed by atoms with Crippen LogP contribution in [0.25, 0.3) is 22.6 Å². The molecule has 0 atom stereocenters. The molecule has 0 aliphatic heterocycles. The molecule has 0 saturated carbocycles. The summed E-state index contributed by atoms with van der Waals surface area (Å²) in [5.74, 6) is 0.0438. The lowest BCUT2D eigenvalue weighted by atomic mass is 10.1. The van der Waals surface area contributed by atoms with E-state index in [0.717, 1.165) is 22.2 Å². The van der Waals surface area contributed by atoms with E-state index in [0.29, 0.717) is 22.7 Å². The second kappa shape index (κ2) is 7.44. The molecule has 150 valence electrons. The van der Waals surface area contributed by atoms with Gasteiger partial charge in [-0.3, -0.25) is 14.9 Å². The first-order valence-electron chi connectivity index (χ1n) is 9.37. The van der Waals surface area contributed by atoms with Gasteiger partial charge in [-0.25, -0.2) is 4.98 Å². The van der Waals surface area contributed by atoms with Crippen molar-refractivity contribution in [2.75, 3.05) is 5.32 Å². The van der Waals surface area contributed by atoms with Crippen LogP contribution >= 0.6 is 0 Å². The summed E-state index contributed by atoms with van der Waals surface area (Å²) < 4.78 is 5.88. The summed E-state index contributed by atoms with van der Waals surface area (Å²) in [5.41, 5.74) is 5.18. The molecule has 3 aromatic carbocycles. The van der Waals surface area contributed by atoms with Crippen molar-refractivity contribution in [1.29, 1.82) is 0 Å². The molecule has 0 saturated heterocycles. The first-order valence-corrected chi connectivity index (χ1v) is 9.37. The average Bonchev–Trinajstić information content (AvgIpc) is 3.12. The molecule has 0 spiro atoms. The minimum absolute atomic E-state index is 0.0881. The van der Waals surface area contributed by atoms with Crippen LogP contribution in [0.4, 0.5) is 11.4 Å². The Morgan fingerprint density at radius 2 is 1.87 bits per heavy atom. The number of nitro benzene ring substituents is 1. The summed E-state index contributed by atoms with van der Waals surface area (Å²) in [5, 5.41) is 14.0. The number of oxazole rings is 1. The second-order valence-electron chi connectivity index (χ2n) is 7.18. The van der Waals surface area contributed by atoms with Crippen molar-refractivity contribution in [1.82, 2.24) is 4.98 Å². The highest BCUT2D eigenvalue weighted by Crippen LogP contribution is 2.29. The van der Waals surface area contributed by atoms with E-state index in [1.54, 1.807) is 19.1 Å². The van der Waals surface area contributed by atoms with Crippen LogP contribution in [-0.4, -0.2) is 15.8 Å². The Hall–Kier alpha value is -4.00. The molecule has 0 bridgehead atoms. The first kappa shape index (κ1) is 19.3. The van der Waals surface area contributed by atoms with Gasteiger partial charge in [0.1, 0.15) is 5.52 Å². The van der Waals surface area contributed by atoms with E-state index >= 15 is 0 Å². The lowest BCUT2D eigenvalue weighted by molar-refractivity contribution is -0.385. The molecule has 0 aliphatic rings. The molecule has 0 aliphatic carbocycles. The van der Waals surface area contributed by atoms with Crippen molar-refractivity contribution in [3.05, 3.63) is 87.0 Å². The third-order valence-electron chi connectivity index (χ3n) is 5.02. The Morgan fingerprint density at radius 1 is 1.07 bits per heavy atom. The summed E-state index contributed by atoms with van der Waals surface area (Å²) in [6.07, 6.45) is 0. The molecule has 1 heterocycles. The van der Waals surface area contributed by atoms with Gasteiger partial charge >= 0.3 is 0 Å². The topological polar surface area (TPSA) is 98.3 Å². The van der Waals surface area contributed by atoms with Gasteiger partial charge in [0.15, 0.2) is 5.58 Å². The van der Waals surface area contributed by atoms with Gasteiger partial charge in [0, 0.05) is 28.4 Å². The molecule has 7 nitrogen and oxygen atoms in total. The number of nitro groups is 1. The summed E-state index contributed by atoms with van der Waals surface area (Å²) in [7, 11) is 0. The molecule has 1 aromatic heterocycles. The van der Waals surface area contributed by atoms with Gasteiger partial charge in [-0.2, -0.15) is 0 Å². The van der Waals surface area contributed by atoms with E-state index in [1.165, 1.54) is 12.1 Å². The van der Waals surface area contributed by atoms with E-state index in [9.17, 15) is 14.9 Å². The Kier molecular flexibility index (Phi) is 4.79. The fraction of sp³-hybridized carbons (Fsp3) is 0.130. The average molecular weight is 401 g/mol. The van der Waals surface area contributed by atoms with Gasteiger partial charge in [0.25, 0.3) is 11.6 Å². The SMILES string of the molecule is Cc1ccc2nc(-c3ccc(C)c(NC(=O)c4cccc([N+](=O)[O-])c4C)c3)oc2c1. The third-order valence-corrected chi connectivity index (χ3v) is 5.02. The minimum atomic E-state index is -0.493. The van der Waals surface area contributed by atoms with Crippen molar-refractivity contribution in [3.8, 4) is 11.5 Å². The quantitative estimate of drug-likeness (QED) is 0.355. The number of benzene rings is 3. The van der Waals surface area contributed by atoms with E-state index < -0.39 is 10.8 Å².